The molecule has 2 nitrogen and oxygen atoms in total. The lowest BCUT2D eigenvalue weighted by Crippen LogP contribution is -2.03. The Hall–Kier alpha value is -1.16. The first-order chi connectivity index (χ1) is 10.2. The lowest BCUT2D eigenvalue weighted by molar-refractivity contribution is 0.180. The van der Waals surface area contributed by atoms with Crippen molar-refractivity contribution in [2.75, 3.05) is 0 Å². The molecule has 21 heavy (non-hydrogen) atoms. The summed E-state index contributed by atoms with van der Waals surface area (Å²) in [5, 5.41) is 19.0. The highest BCUT2D eigenvalue weighted by Gasteiger charge is 2.27. The minimum absolute atomic E-state index is 0.198. The van der Waals surface area contributed by atoms with Crippen molar-refractivity contribution in [3.63, 3.8) is 0 Å². The van der Waals surface area contributed by atoms with Crippen LogP contribution in [0.3, 0.4) is 0 Å². The Labute approximate surface area is 133 Å². The summed E-state index contributed by atoms with van der Waals surface area (Å²) in [6.07, 6.45) is 2.37. The molecule has 2 aromatic rings. The second-order valence-corrected chi connectivity index (χ2v) is 6.79. The molecular weight excluding hydrogens is 328 g/mol. The highest BCUT2D eigenvalue weighted by Crippen LogP contribution is 2.35. The maximum Gasteiger partial charge on any atom is 0.0920 e. The summed E-state index contributed by atoms with van der Waals surface area (Å²) in [5.41, 5.74) is 4.79. The molecule has 0 aromatic heterocycles. The van der Waals surface area contributed by atoms with Crippen LogP contribution in [-0.2, 0) is 12.8 Å². The Morgan fingerprint density at radius 1 is 0.857 bits per heavy atom. The zero-order valence-corrected chi connectivity index (χ0v) is 13.3. The lowest BCUT2D eigenvalue weighted by Gasteiger charge is -2.05. The average Bonchev–Trinajstić information content (AvgIpc) is 3.02. The first kappa shape index (κ1) is 14.8. The number of halogens is 1. The predicted octanol–water partition coefficient (Wildman–Crippen LogP) is 3.71. The minimum atomic E-state index is -0.314. The fraction of sp³-hybridized carbons (Fsp3) is 0.333. The van der Waals surface area contributed by atoms with E-state index in [0.717, 1.165) is 30.4 Å². The minimum Gasteiger partial charge on any atom is -0.388 e. The number of aliphatic hydroxyl groups is 2. The first-order valence-corrected chi connectivity index (χ1v) is 8.24. The SMILES string of the molecule is OC1CCc2ccccc21.O[C@@H]1c2ccccc2C[C@H]1Br. The molecule has 2 aliphatic carbocycles. The number of hydrogen-bond donors (Lipinski definition) is 2. The van der Waals surface area contributed by atoms with Crippen molar-refractivity contribution in [3.8, 4) is 0 Å². The van der Waals surface area contributed by atoms with E-state index in [1.54, 1.807) is 0 Å². The van der Waals surface area contributed by atoms with Gasteiger partial charge in [-0.05, 0) is 41.5 Å². The van der Waals surface area contributed by atoms with Gasteiger partial charge in [0.15, 0.2) is 0 Å². The van der Waals surface area contributed by atoms with Gasteiger partial charge in [-0.2, -0.15) is 0 Å². The molecule has 0 saturated carbocycles. The quantitative estimate of drug-likeness (QED) is 0.714. The molecule has 0 amide bonds. The molecule has 2 N–H and O–H groups in total. The van der Waals surface area contributed by atoms with Gasteiger partial charge in [0.05, 0.1) is 12.2 Å². The van der Waals surface area contributed by atoms with E-state index in [1.165, 1.54) is 11.1 Å². The van der Waals surface area contributed by atoms with E-state index >= 15 is 0 Å². The monoisotopic (exact) mass is 346 g/mol. The van der Waals surface area contributed by atoms with E-state index < -0.39 is 0 Å². The van der Waals surface area contributed by atoms with Gasteiger partial charge in [0.25, 0.3) is 0 Å². The maximum absolute atomic E-state index is 9.60. The van der Waals surface area contributed by atoms with E-state index in [2.05, 4.69) is 28.1 Å². The van der Waals surface area contributed by atoms with Gasteiger partial charge in [0, 0.05) is 4.83 Å². The molecule has 0 radical (unpaired) electrons. The number of fused-ring (bicyclic) bond motifs is 2. The molecule has 0 spiro atoms. The molecule has 3 atom stereocenters. The van der Waals surface area contributed by atoms with E-state index in [0.29, 0.717) is 0 Å². The Kier molecular flexibility index (Phi) is 4.43. The highest BCUT2D eigenvalue weighted by atomic mass is 79.9. The van der Waals surface area contributed by atoms with E-state index in [4.69, 9.17) is 0 Å². The van der Waals surface area contributed by atoms with Gasteiger partial charge >= 0.3 is 0 Å². The van der Waals surface area contributed by atoms with Crippen LogP contribution in [0.15, 0.2) is 48.5 Å². The van der Waals surface area contributed by atoms with Crippen LogP contribution in [-0.4, -0.2) is 15.0 Å². The maximum atomic E-state index is 9.60. The smallest absolute Gasteiger partial charge is 0.0920 e. The number of rotatable bonds is 0. The summed E-state index contributed by atoms with van der Waals surface area (Å²) in [6, 6.07) is 16.1. The van der Waals surface area contributed by atoms with Crippen LogP contribution in [0.1, 0.15) is 40.9 Å². The number of aliphatic hydroxyl groups excluding tert-OH is 2. The third-order valence-corrected chi connectivity index (χ3v) is 5.06. The molecule has 0 heterocycles. The topological polar surface area (TPSA) is 40.5 Å². The van der Waals surface area contributed by atoms with Crippen LogP contribution in [0.2, 0.25) is 0 Å². The van der Waals surface area contributed by atoms with Crippen LogP contribution in [0.5, 0.6) is 0 Å². The van der Waals surface area contributed by atoms with Gasteiger partial charge in [-0.15, -0.1) is 0 Å². The van der Waals surface area contributed by atoms with Crippen molar-refractivity contribution >= 4 is 15.9 Å². The van der Waals surface area contributed by atoms with Crippen LogP contribution in [0.25, 0.3) is 0 Å². The molecule has 110 valence electrons. The van der Waals surface area contributed by atoms with E-state index in [9.17, 15) is 10.2 Å². The van der Waals surface area contributed by atoms with E-state index in [1.807, 2.05) is 36.4 Å². The second-order valence-electron chi connectivity index (χ2n) is 5.62. The largest absolute Gasteiger partial charge is 0.388 e. The van der Waals surface area contributed by atoms with Gasteiger partial charge in [-0.1, -0.05) is 64.5 Å². The summed E-state index contributed by atoms with van der Waals surface area (Å²) in [6.45, 7) is 0. The second kappa shape index (κ2) is 6.30. The summed E-state index contributed by atoms with van der Waals surface area (Å²) in [5.74, 6) is 0. The molecule has 0 saturated heterocycles. The van der Waals surface area contributed by atoms with Gasteiger partial charge in [-0.3, -0.25) is 0 Å². The fourth-order valence-electron chi connectivity index (χ4n) is 3.06. The standard InChI is InChI=1S/C9H9BrO.C9H10O/c10-8-5-6-3-1-2-4-7(6)9(8)11;10-9-6-5-7-3-1-2-4-8(7)9/h1-4,8-9,11H,5H2;1-4,9-10H,5-6H2/t8-,9-;/m1./s1. The Bertz CT molecular complexity index is 626. The van der Waals surface area contributed by atoms with Gasteiger partial charge in [-0.25, -0.2) is 0 Å². The molecule has 0 bridgehead atoms. The van der Waals surface area contributed by atoms with E-state index in [-0.39, 0.29) is 17.0 Å². The third kappa shape index (κ3) is 3.05. The van der Waals surface area contributed by atoms with Crippen molar-refractivity contribution in [1.29, 1.82) is 0 Å². The molecule has 4 rings (SSSR count). The molecule has 1 unspecified atom stereocenters. The average molecular weight is 347 g/mol. The summed E-state index contributed by atoms with van der Waals surface area (Å²) >= 11 is 3.43. The van der Waals surface area contributed by atoms with Crippen molar-refractivity contribution < 1.29 is 10.2 Å². The summed E-state index contributed by atoms with van der Waals surface area (Å²) in [4.78, 5) is 0.208. The number of hydrogen-bond acceptors (Lipinski definition) is 2. The zero-order valence-electron chi connectivity index (χ0n) is 11.7. The van der Waals surface area contributed by atoms with Crippen molar-refractivity contribution in [2.24, 2.45) is 0 Å². The predicted molar refractivity (Wildman–Crippen MR) is 87.5 cm³/mol. The summed E-state index contributed by atoms with van der Waals surface area (Å²) < 4.78 is 0. The van der Waals surface area contributed by atoms with Gasteiger partial charge < -0.3 is 10.2 Å². The number of benzene rings is 2. The lowest BCUT2D eigenvalue weighted by atomic mass is 10.1. The number of aryl methyl sites for hydroxylation is 1. The molecule has 2 aromatic carbocycles. The molecule has 3 heteroatoms. The van der Waals surface area contributed by atoms with Crippen molar-refractivity contribution in [3.05, 3.63) is 70.8 Å². The molecule has 0 aliphatic heterocycles. The molecule has 0 fully saturated rings. The third-order valence-electron chi connectivity index (χ3n) is 4.23. The van der Waals surface area contributed by atoms with Crippen molar-refractivity contribution in [2.45, 2.75) is 36.3 Å². The normalized spacial score (nSPS) is 25.8. The fourth-order valence-corrected chi connectivity index (χ4v) is 3.69. The Balaban J connectivity index is 0.000000126. The molecular formula is C18H19BrO2. The van der Waals surface area contributed by atoms with Gasteiger partial charge in [0.2, 0.25) is 0 Å². The Morgan fingerprint density at radius 3 is 2.14 bits per heavy atom. The van der Waals surface area contributed by atoms with Crippen LogP contribution in [0, 0.1) is 0 Å². The van der Waals surface area contributed by atoms with Crippen LogP contribution < -0.4 is 0 Å². The highest BCUT2D eigenvalue weighted by molar-refractivity contribution is 9.09. The molecule has 2 aliphatic rings. The summed E-state index contributed by atoms with van der Waals surface area (Å²) in [7, 11) is 0. The Morgan fingerprint density at radius 2 is 1.48 bits per heavy atom. The van der Waals surface area contributed by atoms with Crippen molar-refractivity contribution in [1.82, 2.24) is 0 Å². The first-order valence-electron chi connectivity index (χ1n) is 7.32. The van der Waals surface area contributed by atoms with Gasteiger partial charge in [0.1, 0.15) is 0 Å². The zero-order chi connectivity index (χ0) is 14.8. The number of alkyl halides is 1. The van der Waals surface area contributed by atoms with Crippen LogP contribution >= 0.6 is 15.9 Å². The van der Waals surface area contributed by atoms with Crippen LogP contribution in [0.4, 0.5) is 0 Å².